The summed E-state index contributed by atoms with van der Waals surface area (Å²) in [6, 6.07) is 30.2. The number of ether oxygens (including phenoxy) is 1. The standard InChI is InChI=1S/C30H27N5O2/c1-37-25-14-12-24(13-15-25)33-16-18-34(19-17-33)30(36)26-21-31-35-28(23-10-6-3-7-11-23)20-27(32-29(26)35)22-8-4-2-5-9-22/h2-15,20-21H,16-19H2,1H3. The Labute approximate surface area is 215 Å². The van der Waals surface area contributed by atoms with Crippen molar-refractivity contribution in [2.75, 3.05) is 38.2 Å². The molecule has 1 aliphatic heterocycles. The molecule has 184 valence electrons. The zero-order valence-corrected chi connectivity index (χ0v) is 20.6. The molecule has 1 aliphatic rings. The third-order valence-corrected chi connectivity index (χ3v) is 6.85. The number of amides is 1. The molecule has 7 heteroatoms. The summed E-state index contributed by atoms with van der Waals surface area (Å²) in [6.07, 6.45) is 1.65. The molecule has 7 nitrogen and oxygen atoms in total. The molecule has 0 N–H and O–H groups in total. The fourth-order valence-electron chi connectivity index (χ4n) is 4.82. The molecule has 5 aromatic rings. The highest BCUT2D eigenvalue weighted by molar-refractivity contribution is 6.00. The summed E-state index contributed by atoms with van der Waals surface area (Å²) in [5, 5.41) is 4.61. The number of rotatable bonds is 5. The SMILES string of the molecule is COc1ccc(N2CCN(C(=O)c3cnn4c(-c5ccccc5)cc(-c5ccccc5)nc34)CC2)cc1. The Bertz CT molecular complexity index is 1520. The van der Waals surface area contributed by atoms with Crippen molar-refractivity contribution in [3.63, 3.8) is 0 Å². The lowest BCUT2D eigenvalue weighted by molar-refractivity contribution is 0.0748. The molecule has 2 aromatic heterocycles. The molecule has 3 aromatic carbocycles. The summed E-state index contributed by atoms with van der Waals surface area (Å²) in [5.41, 5.74) is 5.94. The van der Waals surface area contributed by atoms with Crippen molar-refractivity contribution in [1.29, 1.82) is 0 Å². The van der Waals surface area contributed by atoms with Gasteiger partial charge in [-0.05, 0) is 30.3 Å². The number of aromatic nitrogens is 3. The Morgan fingerprint density at radius 1 is 0.811 bits per heavy atom. The summed E-state index contributed by atoms with van der Waals surface area (Å²) in [7, 11) is 1.67. The first kappa shape index (κ1) is 22.8. The highest BCUT2D eigenvalue weighted by atomic mass is 16.5. The second-order valence-corrected chi connectivity index (χ2v) is 9.03. The number of hydrogen-bond acceptors (Lipinski definition) is 5. The van der Waals surface area contributed by atoms with E-state index in [9.17, 15) is 4.79 Å². The maximum Gasteiger partial charge on any atom is 0.259 e. The highest BCUT2D eigenvalue weighted by Gasteiger charge is 2.26. The molecule has 6 rings (SSSR count). The van der Waals surface area contributed by atoms with Crippen LogP contribution in [0, 0.1) is 0 Å². The number of hydrogen-bond donors (Lipinski definition) is 0. The van der Waals surface area contributed by atoms with Gasteiger partial charge in [0.05, 0.1) is 24.7 Å². The highest BCUT2D eigenvalue weighted by Crippen LogP contribution is 2.28. The van der Waals surface area contributed by atoms with Gasteiger partial charge in [-0.25, -0.2) is 9.50 Å². The van der Waals surface area contributed by atoms with E-state index in [2.05, 4.69) is 22.1 Å². The van der Waals surface area contributed by atoms with Gasteiger partial charge in [0.15, 0.2) is 5.65 Å². The molecule has 3 heterocycles. The van der Waals surface area contributed by atoms with Gasteiger partial charge in [0.25, 0.3) is 5.91 Å². The largest absolute Gasteiger partial charge is 0.497 e. The smallest absolute Gasteiger partial charge is 0.259 e. The van der Waals surface area contributed by atoms with Gasteiger partial charge < -0.3 is 14.5 Å². The Balaban J connectivity index is 1.31. The van der Waals surface area contributed by atoms with Crippen LogP contribution in [0.2, 0.25) is 0 Å². The number of nitrogens with zero attached hydrogens (tertiary/aromatic N) is 5. The number of carbonyl (C=O) groups excluding carboxylic acids is 1. The van der Waals surface area contributed by atoms with E-state index >= 15 is 0 Å². The van der Waals surface area contributed by atoms with Gasteiger partial charge in [-0.1, -0.05) is 60.7 Å². The molecule has 0 radical (unpaired) electrons. The molecular weight excluding hydrogens is 462 g/mol. The predicted octanol–water partition coefficient (Wildman–Crippen LogP) is 5.03. The van der Waals surface area contributed by atoms with Crippen LogP contribution < -0.4 is 9.64 Å². The van der Waals surface area contributed by atoms with Crippen molar-refractivity contribution in [2.45, 2.75) is 0 Å². The average molecular weight is 490 g/mol. The van der Waals surface area contributed by atoms with E-state index < -0.39 is 0 Å². The topological polar surface area (TPSA) is 63.0 Å². The van der Waals surface area contributed by atoms with E-state index in [4.69, 9.17) is 9.72 Å². The quantitative estimate of drug-likeness (QED) is 0.346. The number of anilines is 1. The van der Waals surface area contributed by atoms with Crippen molar-refractivity contribution in [2.24, 2.45) is 0 Å². The number of benzene rings is 3. The molecule has 1 amide bonds. The van der Waals surface area contributed by atoms with Crippen LogP contribution >= 0.6 is 0 Å². The molecule has 37 heavy (non-hydrogen) atoms. The zero-order chi connectivity index (χ0) is 25.2. The maximum atomic E-state index is 13.7. The van der Waals surface area contributed by atoms with E-state index in [-0.39, 0.29) is 5.91 Å². The zero-order valence-electron chi connectivity index (χ0n) is 20.6. The minimum Gasteiger partial charge on any atom is -0.497 e. The summed E-state index contributed by atoms with van der Waals surface area (Å²) in [4.78, 5) is 22.8. The van der Waals surface area contributed by atoms with Gasteiger partial charge in [-0.2, -0.15) is 5.10 Å². The molecule has 0 aliphatic carbocycles. The third kappa shape index (κ3) is 4.40. The van der Waals surface area contributed by atoms with Crippen LogP contribution in [0.3, 0.4) is 0 Å². The number of carbonyl (C=O) groups is 1. The Morgan fingerprint density at radius 2 is 1.46 bits per heavy atom. The van der Waals surface area contributed by atoms with E-state index in [0.29, 0.717) is 24.3 Å². The van der Waals surface area contributed by atoms with E-state index in [1.807, 2.05) is 83.8 Å². The van der Waals surface area contributed by atoms with Crippen LogP contribution in [0.5, 0.6) is 5.75 Å². The number of fused-ring (bicyclic) bond motifs is 1. The van der Waals surface area contributed by atoms with Crippen molar-refractivity contribution in [3.8, 4) is 28.3 Å². The fourth-order valence-corrected chi connectivity index (χ4v) is 4.82. The molecular formula is C30H27N5O2. The lowest BCUT2D eigenvalue weighted by Crippen LogP contribution is -2.48. The van der Waals surface area contributed by atoms with Crippen LogP contribution in [0.15, 0.2) is 97.2 Å². The summed E-state index contributed by atoms with van der Waals surface area (Å²) in [5.74, 6) is 0.795. The fraction of sp³-hybridized carbons (Fsp3) is 0.167. The van der Waals surface area contributed by atoms with Gasteiger partial charge in [-0.3, -0.25) is 4.79 Å². The van der Waals surface area contributed by atoms with Crippen LogP contribution in [-0.4, -0.2) is 58.7 Å². The van der Waals surface area contributed by atoms with Gasteiger partial charge in [0, 0.05) is 43.0 Å². The summed E-state index contributed by atoms with van der Waals surface area (Å²) in [6.45, 7) is 2.78. The second-order valence-electron chi connectivity index (χ2n) is 9.03. The van der Waals surface area contributed by atoms with Crippen LogP contribution in [0.4, 0.5) is 5.69 Å². The third-order valence-electron chi connectivity index (χ3n) is 6.85. The van der Waals surface area contributed by atoms with Gasteiger partial charge in [0.1, 0.15) is 11.3 Å². The molecule has 1 fully saturated rings. The number of piperazine rings is 1. The van der Waals surface area contributed by atoms with Gasteiger partial charge in [0.2, 0.25) is 0 Å². The minimum absolute atomic E-state index is 0.0406. The molecule has 0 spiro atoms. The van der Waals surface area contributed by atoms with Crippen LogP contribution in [-0.2, 0) is 0 Å². The van der Waals surface area contributed by atoms with E-state index in [1.54, 1.807) is 17.8 Å². The Kier molecular flexibility index (Phi) is 6.02. The Hall–Kier alpha value is -4.65. The van der Waals surface area contributed by atoms with Crippen LogP contribution in [0.25, 0.3) is 28.2 Å². The molecule has 0 saturated carbocycles. The van der Waals surface area contributed by atoms with Crippen molar-refractivity contribution in [3.05, 3.63) is 103 Å². The maximum absolute atomic E-state index is 13.7. The average Bonchev–Trinajstić information content (AvgIpc) is 3.41. The first-order valence-electron chi connectivity index (χ1n) is 12.4. The molecule has 0 unspecified atom stereocenters. The van der Waals surface area contributed by atoms with Crippen molar-refractivity contribution < 1.29 is 9.53 Å². The minimum atomic E-state index is -0.0406. The summed E-state index contributed by atoms with van der Waals surface area (Å²) >= 11 is 0. The van der Waals surface area contributed by atoms with E-state index in [1.165, 1.54) is 0 Å². The number of methoxy groups -OCH3 is 1. The van der Waals surface area contributed by atoms with Crippen molar-refractivity contribution >= 4 is 17.2 Å². The van der Waals surface area contributed by atoms with Crippen LogP contribution in [0.1, 0.15) is 10.4 Å². The first-order chi connectivity index (χ1) is 18.2. The monoisotopic (exact) mass is 489 g/mol. The van der Waals surface area contributed by atoms with Crippen molar-refractivity contribution in [1.82, 2.24) is 19.5 Å². The lowest BCUT2D eigenvalue weighted by Gasteiger charge is -2.36. The van der Waals surface area contributed by atoms with Gasteiger partial charge >= 0.3 is 0 Å². The van der Waals surface area contributed by atoms with E-state index in [0.717, 1.165) is 47.0 Å². The van der Waals surface area contributed by atoms with Gasteiger partial charge in [-0.15, -0.1) is 0 Å². The molecule has 0 bridgehead atoms. The predicted molar refractivity (Wildman–Crippen MR) is 145 cm³/mol. The summed E-state index contributed by atoms with van der Waals surface area (Å²) < 4.78 is 7.05. The Morgan fingerprint density at radius 3 is 2.11 bits per heavy atom. The second kappa shape index (κ2) is 9.78. The lowest BCUT2D eigenvalue weighted by atomic mass is 10.1. The first-order valence-corrected chi connectivity index (χ1v) is 12.4. The molecule has 0 atom stereocenters. The molecule has 1 saturated heterocycles. The normalized spacial score (nSPS) is 13.6.